The highest BCUT2D eigenvalue weighted by atomic mass is 79.9. The Balaban J connectivity index is 2.73. The number of ether oxygens (including phenoxy) is 1. The minimum absolute atomic E-state index is 0.196. The van der Waals surface area contributed by atoms with E-state index in [0.29, 0.717) is 11.4 Å². The Morgan fingerprint density at radius 2 is 2.21 bits per heavy atom. The largest absolute Gasteiger partial charge is 0.469 e. The van der Waals surface area contributed by atoms with Crippen LogP contribution in [0.3, 0.4) is 0 Å². The van der Waals surface area contributed by atoms with Crippen molar-refractivity contribution in [1.82, 2.24) is 0 Å². The van der Waals surface area contributed by atoms with Crippen LogP contribution in [0.15, 0.2) is 22.7 Å². The molecule has 1 rings (SSSR count). The molecule has 0 saturated carbocycles. The molecule has 0 radical (unpaired) electrons. The van der Waals surface area contributed by atoms with Crippen LogP contribution in [0.2, 0.25) is 0 Å². The lowest BCUT2D eigenvalue weighted by Crippen LogP contribution is -2.23. The monoisotopic (exact) mass is 344 g/mol. The summed E-state index contributed by atoms with van der Waals surface area (Å²) >= 11 is 8.46. The van der Waals surface area contributed by atoms with Crippen molar-refractivity contribution in [3.63, 3.8) is 0 Å². The molecule has 6 heteroatoms. The SMILES string of the molecule is COC(=O)CCCN(C)c1ccc(Br)cc1C(N)=S. The Morgan fingerprint density at radius 1 is 1.53 bits per heavy atom. The summed E-state index contributed by atoms with van der Waals surface area (Å²) in [6, 6.07) is 5.79. The fourth-order valence-corrected chi connectivity index (χ4v) is 2.25. The Morgan fingerprint density at radius 3 is 2.79 bits per heavy atom. The number of halogens is 1. The van der Waals surface area contributed by atoms with Gasteiger partial charge in [-0.2, -0.15) is 0 Å². The summed E-state index contributed by atoms with van der Waals surface area (Å²) in [5, 5.41) is 0. The molecule has 0 saturated heterocycles. The zero-order chi connectivity index (χ0) is 14.4. The molecule has 4 nitrogen and oxygen atoms in total. The molecule has 0 aliphatic heterocycles. The van der Waals surface area contributed by atoms with E-state index in [0.717, 1.165) is 28.7 Å². The van der Waals surface area contributed by atoms with Gasteiger partial charge in [-0.15, -0.1) is 0 Å². The summed E-state index contributed by atoms with van der Waals surface area (Å²) in [5.74, 6) is -0.196. The number of rotatable bonds is 6. The molecule has 1 aromatic carbocycles. The topological polar surface area (TPSA) is 55.6 Å². The van der Waals surface area contributed by atoms with E-state index < -0.39 is 0 Å². The number of hydrogen-bond donors (Lipinski definition) is 1. The van der Waals surface area contributed by atoms with Crippen LogP contribution in [0.4, 0.5) is 5.69 Å². The van der Waals surface area contributed by atoms with Crippen molar-refractivity contribution in [2.75, 3.05) is 25.6 Å². The molecule has 0 spiro atoms. The average molecular weight is 345 g/mol. The second-order valence-corrected chi connectivity index (χ2v) is 5.48. The number of carbonyl (C=O) groups excluding carboxylic acids is 1. The number of esters is 1. The van der Waals surface area contributed by atoms with Crippen LogP contribution in [0, 0.1) is 0 Å². The Bertz CT molecular complexity index is 480. The zero-order valence-corrected chi connectivity index (χ0v) is 13.4. The fraction of sp³-hybridized carbons (Fsp3) is 0.385. The maximum absolute atomic E-state index is 11.1. The molecule has 104 valence electrons. The summed E-state index contributed by atoms with van der Waals surface area (Å²) in [7, 11) is 3.34. The second kappa shape index (κ2) is 7.45. The van der Waals surface area contributed by atoms with Gasteiger partial charge in [0.1, 0.15) is 4.99 Å². The summed E-state index contributed by atoms with van der Waals surface area (Å²) in [4.78, 5) is 13.5. The van der Waals surface area contributed by atoms with E-state index in [2.05, 4.69) is 20.7 Å². The van der Waals surface area contributed by atoms with Crippen LogP contribution in [-0.2, 0) is 9.53 Å². The van der Waals surface area contributed by atoms with Gasteiger partial charge in [-0.25, -0.2) is 0 Å². The number of nitrogens with zero attached hydrogens (tertiary/aromatic N) is 1. The van der Waals surface area contributed by atoms with Crippen molar-refractivity contribution in [3.05, 3.63) is 28.2 Å². The summed E-state index contributed by atoms with van der Waals surface area (Å²) in [6.45, 7) is 0.729. The third-order valence-electron chi connectivity index (χ3n) is 2.74. The number of benzene rings is 1. The Hall–Kier alpha value is -1.14. The smallest absolute Gasteiger partial charge is 0.305 e. The second-order valence-electron chi connectivity index (χ2n) is 4.13. The third-order valence-corrected chi connectivity index (χ3v) is 3.45. The first-order valence-corrected chi connectivity index (χ1v) is 7.03. The average Bonchev–Trinajstić information content (AvgIpc) is 2.38. The van der Waals surface area contributed by atoms with Gasteiger partial charge in [-0.1, -0.05) is 28.1 Å². The van der Waals surface area contributed by atoms with Gasteiger partial charge in [0.25, 0.3) is 0 Å². The maximum Gasteiger partial charge on any atom is 0.305 e. The minimum atomic E-state index is -0.196. The lowest BCUT2D eigenvalue weighted by molar-refractivity contribution is -0.140. The normalized spacial score (nSPS) is 10.1. The molecule has 0 atom stereocenters. The van der Waals surface area contributed by atoms with Crippen molar-refractivity contribution < 1.29 is 9.53 Å². The number of hydrogen-bond acceptors (Lipinski definition) is 4. The van der Waals surface area contributed by atoms with Gasteiger partial charge >= 0.3 is 5.97 Å². The number of anilines is 1. The molecule has 1 aromatic rings. The highest BCUT2D eigenvalue weighted by Gasteiger charge is 2.11. The standard InChI is InChI=1S/C13H17BrN2O2S/c1-16(7-3-4-12(17)18-2)11-6-5-9(14)8-10(11)13(15)19/h5-6,8H,3-4,7H2,1-2H3,(H2,15,19). The van der Waals surface area contributed by atoms with Gasteiger partial charge in [0.2, 0.25) is 0 Å². The number of carbonyl (C=O) groups is 1. The minimum Gasteiger partial charge on any atom is -0.469 e. The van der Waals surface area contributed by atoms with Crippen molar-refractivity contribution in [2.24, 2.45) is 5.73 Å². The predicted molar refractivity (Wildman–Crippen MR) is 84.5 cm³/mol. The quantitative estimate of drug-likeness (QED) is 0.634. The first-order chi connectivity index (χ1) is 8.95. The van der Waals surface area contributed by atoms with E-state index in [9.17, 15) is 4.79 Å². The van der Waals surface area contributed by atoms with E-state index in [-0.39, 0.29) is 5.97 Å². The molecule has 0 aliphatic carbocycles. The van der Waals surface area contributed by atoms with Gasteiger partial charge in [0.05, 0.1) is 7.11 Å². The van der Waals surface area contributed by atoms with E-state index >= 15 is 0 Å². The number of methoxy groups -OCH3 is 1. The fourth-order valence-electron chi connectivity index (χ4n) is 1.72. The molecule has 19 heavy (non-hydrogen) atoms. The third kappa shape index (κ3) is 4.80. The molecule has 0 aromatic heterocycles. The molecule has 0 unspecified atom stereocenters. The van der Waals surface area contributed by atoms with Gasteiger partial charge in [-0.3, -0.25) is 4.79 Å². The van der Waals surface area contributed by atoms with Gasteiger partial charge in [0, 0.05) is 35.7 Å². The van der Waals surface area contributed by atoms with Crippen molar-refractivity contribution in [1.29, 1.82) is 0 Å². The van der Waals surface area contributed by atoms with Crippen LogP contribution in [0.25, 0.3) is 0 Å². The summed E-state index contributed by atoms with van der Waals surface area (Å²) < 4.78 is 5.54. The Kier molecular flexibility index (Phi) is 6.24. The highest BCUT2D eigenvalue weighted by molar-refractivity contribution is 9.10. The molecule has 0 amide bonds. The van der Waals surface area contributed by atoms with Crippen LogP contribution in [0.5, 0.6) is 0 Å². The van der Waals surface area contributed by atoms with Crippen LogP contribution >= 0.6 is 28.1 Å². The van der Waals surface area contributed by atoms with Gasteiger partial charge < -0.3 is 15.4 Å². The summed E-state index contributed by atoms with van der Waals surface area (Å²) in [5.41, 5.74) is 7.51. The molecule has 0 aliphatic rings. The Labute approximate surface area is 127 Å². The number of thiocarbonyl (C=S) groups is 1. The first kappa shape index (κ1) is 15.9. The van der Waals surface area contributed by atoms with Crippen molar-refractivity contribution in [3.8, 4) is 0 Å². The van der Waals surface area contributed by atoms with Crippen molar-refractivity contribution in [2.45, 2.75) is 12.8 Å². The van der Waals surface area contributed by atoms with E-state index in [1.54, 1.807) is 0 Å². The zero-order valence-electron chi connectivity index (χ0n) is 11.0. The lowest BCUT2D eigenvalue weighted by Gasteiger charge is -2.22. The predicted octanol–water partition coefficient (Wildman–Crippen LogP) is 2.47. The van der Waals surface area contributed by atoms with E-state index in [1.165, 1.54) is 7.11 Å². The molecule has 0 fully saturated rings. The van der Waals surface area contributed by atoms with Crippen LogP contribution in [0.1, 0.15) is 18.4 Å². The van der Waals surface area contributed by atoms with Crippen molar-refractivity contribution >= 4 is 44.8 Å². The molecule has 2 N–H and O–H groups in total. The summed E-state index contributed by atoms with van der Waals surface area (Å²) in [6.07, 6.45) is 1.12. The van der Waals surface area contributed by atoms with Crippen LogP contribution < -0.4 is 10.6 Å². The molecule has 0 bridgehead atoms. The lowest BCUT2D eigenvalue weighted by atomic mass is 10.1. The number of nitrogens with two attached hydrogens (primary N) is 1. The van der Waals surface area contributed by atoms with E-state index in [4.69, 9.17) is 18.0 Å². The van der Waals surface area contributed by atoms with Gasteiger partial charge in [0.15, 0.2) is 0 Å². The highest BCUT2D eigenvalue weighted by Crippen LogP contribution is 2.24. The van der Waals surface area contributed by atoms with Crippen LogP contribution in [-0.4, -0.2) is 31.7 Å². The van der Waals surface area contributed by atoms with Gasteiger partial charge in [-0.05, 0) is 24.6 Å². The molecular formula is C13H17BrN2O2S. The molecular weight excluding hydrogens is 328 g/mol. The van der Waals surface area contributed by atoms with E-state index in [1.807, 2.05) is 30.1 Å². The molecule has 0 heterocycles. The maximum atomic E-state index is 11.1. The first-order valence-electron chi connectivity index (χ1n) is 5.83.